The Bertz CT molecular complexity index is 837. The minimum atomic E-state index is -4.74. The molecule has 0 radical (unpaired) electrons. The summed E-state index contributed by atoms with van der Waals surface area (Å²) in [5, 5.41) is 9.36. The van der Waals surface area contributed by atoms with E-state index < -0.39 is 23.5 Å². The van der Waals surface area contributed by atoms with Gasteiger partial charge in [-0.05, 0) is 17.7 Å². The Balaban J connectivity index is 0.00000243. The molecule has 1 aromatic heterocycles. The monoisotopic (exact) mass is 394 g/mol. The minimum absolute atomic E-state index is 0. The van der Waals surface area contributed by atoms with Crippen molar-refractivity contribution in [2.24, 2.45) is 0 Å². The lowest BCUT2D eigenvalue weighted by molar-refractivity contribution is -0.274. The van der Waals surface area contributed by atoms with Crippen LogP contribution in [0.1, 0.15) is 11.3 Å². The van der Waals surface area contributed by atoms with Gasteiger partial charge in [0, 0.05) is 37.9 Å². The van der Waals surface area contributed by atoms with Gasteiger partial charge in [-0.3, -0.25) is 9.69 Å². The number of aromatic hydroxyl groups is 1. The van der Waals surface area contributed by atoms with Crippen molar-refractivity contribution in [1.29, 1.82) is 0 Å². The number of nitrogens with zero attached hydrogens (tertiary/aromatic N) is 2. The van der Waals surface area contributed by atoms with E-state index in [1.807, 2.05) is 4.90 Å². The number of pyridine rings is 1. The smallest absolute Gasteiger partial charge is 0.501 e. The van der Waals surface area contributed by atoms with Crippen LogP contribution < -0.4 is 10.2 Å². The zero-order chi connectivity index (χ0) is 18.2. The molecule has 10 heteroatoms. The van der Waals surface area contributed by atoms with E-state index in [2.05, 4.69) is 4.74 Å². The summed E-state index contributed by atoms with van der Waals surface area (Å²) in [4.78, 5) is 13.4. The molecule has 0 fully saturated rings. The summed E-state index contributed by atoms with van der Waals surface area (Å²) < 4.78 is 55.4. The normalized spacial score (nSPS) is 14.5. The van der Waals surface area contributed by atoms with E-state index in [1.54, 1.807) is 0 Å². The molecule has 0 amide bonds. The van der Waals surface area contributed by atoms with Gasteiger partial charge < -0.3 is 14.4 Å². The fourth-order valence-electron chi connectivity index (χ4n) is 2.77. The highest BCUT2D eigenvalue weighted by atomic mass is 35.5. The molecule has 1 N–H and O–H groups in total. The number of rotatable bonds is 3. The van der Waals surface area contributed by atoms with Crippen LogP contribution in [0.4, 0.5) is 17.6 Å². The molecule has 0 spiro atoms. The van der Waals surface area contributed by atoms with Gasteiger partial charge in [-0.15, -0.1) is 25.6 Å². The highest BCUT2D eigenvalue weighted by molar-refractivity contribution is 5.85. The summed E-state index contributed by atoms with van der Waals surface area (Å²) in [6.07, 6.45) is -4.74. The van der Waals surface area contributed by atoms with E-state index in [9.17, 15) is 27.5 Å². The Morgan fingerprint density at radius 2 is 1.81 bits per heavy atom. The van der Waals surface area contributed by atoms with E-state index in [1.165, 1.54) is 34.9 Å². The Kier molecular flexibility index (Phi) is 5.82. The molecular weight excluding hydrogens is 380 g/mol. The lowest BCUT2D eigenvalue weighted by Gasteiger charge is -2.30. The predicted octanol–water partition coefficient (Wildman–Crippen LogP) is 3.03. The fraction of sp³-hybridized carbons (Fsp3) is 0.312. The van der Waals surface area contributed by atoms with Crippen molar-refractivity contribution in [2.45, 2.75) is 26.0 Å². The Morgan fingerprint density at radius 1 is 1.15 bits per heavy atom. The number of ether oxygens (including phenoxy) is 1. The lowest BCUT2D eigenvalue weighted by atomic mass is 10.1. The maximum absolute atomic E-state index is 13.9. The molecule has 2 aromatic rings. The zero-order valence-electron chi connectivity index (χ0n) is 13.3. The van der Waals surface area contributed by atoms with Crippen LogP contribution in [0.3, 0.4) is 0 Å². The molecule has 0 saturated carbocycles. The van der Waals surface area contributed by atoms with Gasteiger partial charge in [-0.25, -0.2) is 0 Å². The first-order chi connectivity index (χ1) is 11.7. The zero-order valence-corrected chi connectivity index (χ0v) is 14.1. The third kappa shape index (κ3) is 4.47. The molecule has 26 heavy (non-hydrogen) atoms. The maximum Gasteiger partial charge on any atom is 0.573 e. The molecular formula is C16H15ClF4N2O3. The van der Waals surface area contributed by atoms with Crippen LogP contribution in [0.25, 0.3) is 0 Å². The van der Waals surface area contributed by atoms with Gasteiger partial charge >= 0.3 is 6.36 Å². The quantitative estimate of drug-likeness (QED) is 0.642. The van der Waals surface area contributed by atoms with Crippen molar-refractivity contribution in [2.75, 3.05) is 6.54 Å². The number of hydrogen-bond donors (Lipinski definition) is 1. The van der Waals surface area contributed by atoms with Crippen LogP contribution in [0.2, 0.25) is 0 Å². The number of fused-ring (bicyclic) bond motifs is 1. The SMILES string of the molecule is Cl.O=c1cc2n(c(F)c1O)CCN(Cc1ccc(OC(F)(F)F)cc1)C2. The lowest BCUT2D eigenvalue weighted by Crippen LogP contribution is -2.36. The van der Waals surface area contributed by atoms with Crippen molar-refractivity contribution in [1.82, 2.24) is 9.47 Å². The summed E-state index contributed by atoms with van der Waals surface area (Å²) in [7, 11) is 0. The summed E-state index contributed by atoms with van der Waals surface area (Å²) in [6, 6.07) is 6.66. The van der Waals surface area contributed by atoms with Gasteiger partial charge in [0.1, 0.15) is 5.75 Å². The van der Waals surface area contributed by atoms with Crippen molar-refractivity contribution >= 4 is 12.4 Å². The molecule has 0 atom stereocenters. The van der Waals surface area contributed by atoms with Gasteiger partial charge in [0.15, 0.2) is 0 Å². The van der Waals surface area contributed by atoms with E-state index in [4.69, 9.17) is 0 Å². The third-order valence-corrected chi connectivity index (χ3v) is 3.90. The van der Waals surface area contributed by atoms with Gasteiger partial charge in [0.2, 0.25) is 17.1 Å². The summed E-state index contributed by atoms with van der Waals surface area (Å²) in [6.45, 7) is 1.42. The predicted molar refractivity (Wildman–Crippen MR) is 86.8 cm³/mol. The second kappa shape index (κ2) is 7.55. The van der Waals surface area contributed by atoms with Crippen molar-refractivity contribution < 1.29 is 27.4 Å². The van der Waals surface area contributed by atoms with Crippen LogP contribution in [0, 0.1) is 5.95 Å². The Morgan fingerprint density at radius 3 is 2.42 bits per heavy atom. The average Bonchev–Trinajstić information content (AvgIpc) is 2.53. The highest BCUT2D eigenvalue weighted by Crippen LogP contribution is 2.24. The molecule has 5 nitrogen and oxygen atoms in total. The van der Waals surface area contributed by atoms with Crippen LogP contribution in [0.5, 0.6) is 11.5 Å². The summed E-state index contributed by atoms with van der Waals surface area (Å²) >= 11 is 0. The first-order valence-corrected chi connectivity index (χ1v) is 7.41. The maximum atomic E-state index is 13.9. The number of halogens is 5. The molecule has 0 unspecified atom stereocenters. The van der Waals surface area contributed by atoms with Crippen LogP contribution >= 0.6 is 12.4 Å². The van der Waals surface area contributed by atoms with Crippen LogP contribution in [0.15, 0.2) is 35.1 Å². The molecule has 1 aliphatic heterocycles. The molecule has 2 heterocycles. The molecule has 1 aromatic carbocycles. The van der Waals surface area contributed by atoms with E-state index in [0.29, 0.717) is 18.8 Å². The first-order valence-electron chi connectivity index (χ1n) is 7.41. The number of aromatic nitrogens is 1. The first kappa shape index (κ1) is 20.1. The Labute approximate surface area is 151 Å². The molecule has 3 rings (SSSR count). The summed E-state index contributed by atoms with van der Waals surface area (Å²) in [5.74, 6) is -2.14. The standard InChI is InChI=1S/C16H14F4N2O3.ClH/c17-15-14(24)13(23)7-11-9-21(5-6-22(11)15)8-10-1-3-12(4-2-10)25-16(18,19)20;/h1-4,7,24H,5-6,8-9H2;1H. The van der Waals surface area contributed by atoms with Crippen LogP contribution in [-0.2, 0) is 19.6 Å². The van der Waals surface area contributed by atoms with Gasteiger partial charge in [-0.1, -0.05) is 12.1 Å². The third-order valence-electron chi connectivity index (χ3n) is 3.90. The highest BCUT2D eigenvalue weighted by Gasteiger charge is 2.31. The van der Waals surface area contributed by atoms with Gasteiger partial charge in [-0.2, -0.15) is 4.39 Å². The van der Waals surface area contributed by atoms with E-state index in [0.717, 1.165) is 5.56 Å². The topological polar surface area (TPSA) is 54.7 Å². The number of hydrogen-bond acceptors (Lipinski definition) is 4. The number of benzene rings is 1. The number of alkyl halides is 3. The second-order valence-electron chi connectivity index (χ2n) is 5.69. The minimum Gasteiger partial charge on any atom is -0.501 e. The Hall–Kier alpha value is -2.26. The second-order valence-corrected chi connectivity index (χ2v) is 5.69. The van der Waals surface area contributed by atoms with Crippen molar-refractivity contribution in [3.05, 3.63) is 57.8 Å². The molecule has 0 bridgehead atoms. The van der Waals surface area contributed by atoms with Gasteiger partial charge in [0.25, 0.3) is 0 Å². The largest absolute Gasteiger partial charge is 0.573 e. The van der Waals surface area contributed by atoms with E-state index in [-0.39, 0.29) is 31.2 Å². The molecule has 142 valence electrons. The van der Waals surface area contributed by atoms with Crippen molar-refractivity contribution in [3.8, 4) is 11.5 Å². The van der Waals surface area contributed by atoms with E-state index >= 15 is 0 Å². The summed E-state index contributed by atoms with van der Waals surface area (Å²) in [5.41, 5.74) is 0.410. The molecule has 1 aliphatic rings. The van der Waals surface area contributed by atoms with Gasteiger partial charge in [0.05, 0.1) is 0 Å². The molecule has 0 aliphatic carbocycles. The van der Waals surface area contributed by atoms with Crippen LogP contribution in [-0.4, -0.2) is 27.5 Å². The average molecular weight is 395 g/mol. The fourth-order valence-corrected chi connectivity index (χ4v) is 2.77. The molecule has 0 saturated heterocycles. The van der Waals surface area contributed by atoms with Crippen molar-refractivity contribution in [3.63, 3.8) is 0 Å².